The summed E-state index contributed by atoms with van der Waals surface area (Å²) in [5.41, 5.74) is 6.49. The quantitative estimate of drug-likeness (QED) is 0.530. The van der Waals surface area contributed by atoms with E-state index in [0.717, 1.165) is 0 Å². The van der Waals surface area contributed by atoms with Gasteiger partial charge < -0.3 is 10.5 Å². The fourth-order valence-corrected chi connectivity index (χ4v) is 1.70. The molecule has 0 fully saturated rings. The third-order valence-electron chi connectivity index (χ3n) is 1.40. The van der Waals surface area contributed by atoms with Crippen LogP contribution in [0.3, 0.4) is 0 Å². The van der Waals surface area contributed by atoms with Crippen LogP contribution in [0, 0.1) is 6.57 Å². The maximum Gasteiger partial charge on any atom is 0.327 e. The van der Waals surface area contributed by atoms with E-state index >= 15 is 0 Å². The smallest absolute Gasteiger partial charge is 0.327 e. The standard InChI is InChI=1S/C7H7N2O2P/c1-9-5-4(7(10)11-2)3-12-6(5)8/h3,12H,8H2,2H3. The minimum Gasteiger partial charge on any atom is -0.466 e. The molecule has 0 aromatic carbocycles. The molecule has 0 aliphatic rings. The van der Waals surface area contributed by atoms with Crippen LogP contribution in [0.2, 0.25) is 0 Å². The van der Waals surface area contributed by atoms with Gasteiger partial charge >= 0.3 is 5.97 Å². The largest absolute Gasteiger partial charge is 0.466 e. The number of carbonyl (C=O) groups is 1. The molecular weight excluding hydrogens is 175 g/mol. The molecule has 0 radical (unpaired) electrons. The summed E-state index contributed by atoms with van der Waals surface area (Å²) in [6, 6.07) is 0. The summed E-state index contributed by atoms with van der Waals surface area (Å²) in [6.07, 6.45) is 0. The number of nitrogen functional groups attached to an aromatic ring is 1. The molecule has 1 unspecified atom stereocenters. The first-order chi connectivity index (χ1) is 5.70. The Kier molecular flexibility index (Phi) is 2.37. The number of methoxy groups -OCH3 is 1. The molecule has 0 bridgehead atoms. The van der Waals surface area contributed by atoms with E-state index in [1.54, 1.807) is 5.80 Å². The lowest BCUT2D eigenvalue weighted by Crippen LogP contribution is -1.98. The van der Waals surface area contributed by atoms with Crippen molar-refractivity contribution in [3.8, 4) is 0 Å². The third kappa shape index (κ3) is 1.27. The lowest BCUT2D eigenvalue weighted by molar-refractivity contribution is 0.0602. The average Bonchev–Trinajstić information content (AvgIpc) is 2.45. The zero-order valence-electron chi connectivity index (χ0n) is 6.42. The number of ether oxygens (including phenoxy) is 1. The molecule has 5 heteroatoms. The molecule has 0 saturated carbocycles. The highest BCUT2D eigenvalue weighted by Crippen LogP contribution is 2.37. The Balaban J connectivity index is 3.18. The highest BCUT2D eigenvalue weighted by molar-refractivity contribution is 7.34. The van der Waals surface area contributed by atoms with Crippen LogP contribution in [-0.4, -0.2) is 13.1 Å². The van der Waals surface area contributed by atoms with Gasteiger partial charge in [-0.3, -0.25) is 0 Å². The predicted octanol–water partition coefficient (Wildman–Crippen LogP) is 1.64. The minimum absolute atomic E-state index is 0.226. The van der Waals surface area contributed by atoms with Gasteiger partial charge in [0.15, 0.2) is 0 Å². The molecule has 2 N–H and O–H groups in total. The fourth-order valence-electron chi connectivity index (χ4n) is 0.818. The van der Waals surface area contributed by atoms with Gasteiger partial charge in [0.2, 0.25) is 5.69 Å². The number of hydrogen-bond donors (Lipinski definition) is 1. The van der Waals surface area contributed by atoms with Crippen molar-refractivity contribution in [1.29, 1.82) is 0 Å². The summed E-state index contributed by atoms with van der Waals surface area (Å²) in [4.78, 5) is 14.2. The summed E-state index contributed by atoms with van der Waals surface area (Å²) in [7, 11) is 1.51. The van der Waals surface area contributed by atoms with E-state index in [0.29, 0.717) is 11.0 Å². The highest BCUT2D eigenvalue weighted by Gasteiger charge is 2.15. The highest BCUT2D eigenvalue weighted by atomic mass is 31.0. The molecule has 12 heavy (non-hydrogen) atoms. The SMILES string of the molecule is [C-]#[N+]c1c(C(=O)OC)c[pH]c1N. The van der Waals surface area contributed by atoms with E-state index < -0.39 is 5.97 Å². The van der Waals surface area contributed by atoms with Gasteiger partial charge in [-0.1, -0.05) is 0 Å². The van der Waals surface area contributed by atoms with Crippen LogP contribution in [-0.2, 0) is 4.74 Å². The van der Waals surface area contributed by atoms with Gasteiger partial charge in [-0.25, -0.2) is 9.64 Å². The molecule has 0 aliphatic heterocycles. The van der Waals surface area contributed by atoms with Crippen molar-refractivity contribution in [3.05, 3.63) is 22.8 Å². The molecule has 62 valence electrons. The Morgan fingerprint density at radius 3 is 3.00 bits per heavy atom. The predicted molar refractivity (Wildman–Crippen MR) is 48.0 cm³/mol. The summed E-state index contributed by atoms with van der Waals surface area (Å²) in [5.74, 6) is 1.14. The third-order valence-corrected chi connectivity index (χ3v) is 2.38. The molecule has 0 spiro atoms. The molecule has 4 nitrogen and oxygen atoms in total. The topological polar surface area (TPSA) is 56.7 Å². The van der Waals surface area contributed by atoms with Crippen molar-refractivity contribution >= 4 is 25.3 Å². The fraction of sp³-hybridized carbons (Fsp3) is 0.143. The number of esters is 1. The maximum atomic E-state index is 11.0. The van der Waals surface area contributed by atoms with Crippen LogP contribution in [0.5, 0.6) is 0 Å². The number of nitrogens with two attached hydrogens (primary N) is 1. The molecule has 1 aromatic rings. The second-order valence-corrected chi connectivity index (χ2v) is 3.18. The van der Waals surface area contributed by atoms with Gasteiger partial charge in [0, 0.05) is 0 Å². The van der Waals surface area contributed by atoms with Crippen molar-refractivity contribution in [2.45, 2.75) is 0 Å². The maximum absolute atomic E-state index is 11.0. The molecule has 0 saturated heterocycles. The molecule has 1 atom stereocenters. The van der Waals surface area contributed by atoms with Crippen LogP contribution in [0.15, 0.2) is 5.80 Å². The lowest BCUT2D eigenvalue weighted by Gasteiger charge is -1.95. The zero-order chi connectivity index (χ0) is 9.14. The van der Waals surface area contributed by atoms with Crippen LogP contribution in [0.4, 0.5) is 11.1 Å². The van der Waals surface area contributed by atoms with E-state index in [2.05, 4.69) is 9.58 Å². The van der Waals surface area contributed by atoms with Gasteiger partial charge in [0.1, 0.15) is 0 Å². The van der Waals surface area contributed by atoms with Gasteiger partial charge in [-0.2, -0.15) is 0 Å². The van der Waals surface area contributed by atoms with Crippen molar-refractivity contribution in [1.82, 2.24) is 0 Å². The Labute approximate surface area is 71.2 Å². The van der Waals surface area contributed by atoms with Crippen LogP contribution < -0.4 is 5.73 Å². The number of carbonyl (C=O) groups excluding carboxylic acids is 1. The summed E-state index contributed by atoms with van der Waals surface area (Å²) >= 11 is 0. The van der Waals surface area contributed by atoms with E-state index in [1.807, 2.05) is 0 Å². The molecule has 0 aliphatic carbocycles. The normalized spacial score (nSPS) is 9.67. The van der Waals surface area contributed by atoms with Crippen molar-refractivity contribution in [2.75, 3.05) is 12.8 Å². The van der Waals surface area contributed by atoms with E-state index in [-0.39, 0.29) is 13.9 Å². The Bertz CT molecular complexity index is 351. The Morgan fingerprint density at radius 2 is 2.50 bits per heavy atom. The van der Waals surface area contributed by atoms with Crippen LogP contribution in [0.1, 0.15) is 10.4 Å². The number of anilines is 1. The van der Waals surface area contributed by atoms with Gasteiger partial charge in [0.05, 0.1) is 24.7 Å². The van der Waals surface area contributed by atoms with Crippen LogP contribution >= 0.6 is 8.19 Å². The molecular formula is C7H7N2O2P. The number of rotatable bonds is 1. The molecule has 1 heterocycles. The number of hydrogen-bond acceptors (Lipinski definition) is 3. The number of nitrogens with zero attached hydrogens (tertiary/aromatic N) is 1. The van der Waals surface area contributed by atoms with Gasteiger partial charge in [0.25, 0.3) is 0 Å². The second-order valence-electron chi connectivity index (χ2n) is 2.07. The summed E-state index contributed by atoms with van der Waals surface area (Å²) in [6.45, 7) is 6.77. The lowest BCUT2D eigenvalue weighted by atomic mass is 10.3. The first kappa shape index (κ1) is 8.63. The first-order valence-corrected chi connectivity index (χ1v) is 4.21. The van der Waals surface area contributed by atoms with E-state index in [9.17, 15) is 4.79 Å². The van der Waals surface area contributed by atoms with E-state index in [4.69, 9.17) is 12.3 Å². The Morgan fingerprint density at radius 1 is 1.83 bits per heavy atom. The van der Waals surface area contributed by atoms with E-state index in [1.165, 1.54) is 7.11 Å². The van der Waals surface area contributed by atoms with Gasteiger partial charge in [-0.05, 0) is 5.80 Å². The monoisotopic (exact) mass is 182 g/mol. The van der Waals surface area contributed by atoms with Crippen LogP contribution in [0.25, 0.3) is 4.85 Å². The average molecular weight is 182 g/mol. The van der Waals surface area contributed by atoms with Crippen molar-refractivity contribution in [3.63, 3.8) is 0 Å². The molecule has 0 amide bonds. The molecule has 1 aromatic heterocycles. The summed E-state index contributed by atoms with van der Waals surface area (Å²) < 4.78 is 4.48. The zero-order valence-corrected chi connectivity index (χ0v) is 7.42. The first-order valence-electron chi connectivity index (χ1n) is 3.13. The van der Waals surface area contributed by atoms with Crippen molar-refractivity contribution in [2.24, 2.45) is 0 Å². The molecule has 1 rings (SSSR count). The Hall–Kier alpha value is -1.46. The minimum atomic E-state index is -0.492. The van der Waals surface area contributed by atoms with Crippen molar-refractivity contribution < 1.29 is 9.53 Å². The van der Waals surface area contributed by atoms with Gasteiger partial charge in [-0.15, -0.1) is 8.19 Å². The second kappa shape index (κ2) is 3.29. The summed E-state index contributed by atoms with van der Waals surface area (Å²) in [5, 5.41) is 0.